The van der Waals surface area contributed by atoms with Gasteiger partial charge in [0, 0.05) is 6.92 Å². The Morgan fingerprint density at radius 1 is 1.22 bits per heavy atom. The van der Waals surface area contributed by atoms with E-state index in [2.05, 4.69) is 9.38 Å². The first-order valence-electron chi connectivity index (χ1n) is 8.07. The summed E-state index contributed by atoms with van der Waals surface area (Å²) in [7, 11) is -4.01. The fraction of sp³-hybridized carbons (Fsp3) is 0.312. The lowest BCUT2D eigenvalue weighted by Gasteiger charge is -2.26. The predicted octanol–water partition coefficient (Wildman–Crippen LogP) is 0.391. The number of amidine groups is 1. The summed E-state index contributed by atoms with van der Waals surface area (Å²) >= 11 is 0. The Balaban J connectivity index is 1.84. The first kappa shape index (κ1) is 18.9. The van der Waals surface area contributed by atoms with Crippen LogP contribution in [0, 0.1) is 0 Å². The predicted molar refractivity (Wildman–Crippen MR) is 97.1 cm³/mol. The van der Waals surface area contributed by atoms with Crippen molar-refractivity contribution in [1.82, 2.24) is 9.55 Å². The average molecular weight is 393 g/mol. The van der Waals surface area contributed by atoms with Crippen molar-refractivity contribution in [3.63, 3.8) is 0 Å². The molecule has 2 heterocycles. The Bertz CT molecular complexity index is 955. The number of fused-ring (bicyclic) bond motifs is 1. The molecule has 1 aromatic carbocycles. The zero-order valence-electron chi connectivity index (χ0n) is 14.6. The molecule has 0 radical (unpaired) electrons. The van der Waals surface area contributed by atoms with Gasteiger partial charge in [-0.05, 0) is 5.56 Å². The van der Waals surface area contributed by atoms with Crippen LogP contribution in [0.3, 0.4) is 0 Å². The van der Waals surface area contributed by atoms with Crippen LogP contribution in [0.15, 0.2) is 41.1 Å². The summed E-state index contributed by atoms with van der Waals surface area (Å²) in [4.78, 5) is 14.9. The number of benzene rings is 1. The molecule has 0 spiro atoms. The third-order valence-corrected chi connectivity index (χ3v) is 5.00. The summed E-state index contributed by atoms with van der Waals surface area (Å²) in [5, 5.41) is 0. The van der Waals surface area contributed by atoms with Crippen molar-refractivity contribution < 1.29 is 22.7 Å². The molecule has 2 aromatic rings. The minimum absolute atomic E-state index is 0.0116. The third kappa shape index (κ3) is 4.26. The number of hydrogen-bond donors (Lipinski definition) is 1. The van der Waals surface area contributed by atoms with Gasteiger partial charge in [-0.1, -0.05) is 30.3 Å². The van der Waals surface area contributed by atoms with E-state index in [4.69, 9.17) is 15.2 Å². The molecular formula is C16H19N5O5S. The van der Waals surface area contributed by atoms with Crippen LogP contribution in [0.4, 0.5) is 5.82 Å². The van der Waals surface area contributed by atoms with Crippen LogP contribution in [0.1, 0.15) is 18.2 Å². The van der Waals surface area contributed by atoms with Crippen molar-refractivity contribution in [3.05, 3.63) is 47.9 Å². The Kier molecular flexibility index (Phi) is 5.42. The van der Waals surface area contributed by atoms with Crippen LogP contribution in [-0.2, 0) is 37.8 Å². The third-order valence-electron chi connectivity index (χ3n) is 3.71. The molecule has 0 saturated heterocycles. The van der Waals surface area contributed by atoms with E-state index < -0.39 is 16.2 Å². The molecule has 1 aromatic heterocycles. The van der Waals surface area contributed by atoms with Crippen LogP contribution in [0.2, 0.25) is 0 Å². The molecule has 0 bridgehead atoms. The summed E-state index contributed by atoms with van der Waals surface area (Å²) in [6, 6.07) is 9.11. The molecule has 1 aliphatic rings. The van der Waals surface area contributed by atoms with Gasteiger partial charge in [0.05, 0.1) is 19.5 Å². The molecule has 27 heavy (non-hydrogen) atoms. The van der Waals surface area contributed by atoms with Crippen molar-refractivity contribution in [2.24, 2.45) is 10.1 Å². The lowest BCUT2D eigenvalue weighted by Crippen LogP contribution is -2.38. The van der Waals surface area contributed by atoms with E-state index in [1.54, 1.807) is 0 Å². The lowest BCUT2D eigenvalue weighted by atomic mass is 10.2. The van der Waals surface area contributed by atoms with Gasteiger partial charge in [-0.25, -0.2) is 9.29 Å². The number of esters is 1. The molecule has 3 rings (SSSR count). The topological polar surface area (TPSA) is 129 Å². The standard InChI is InChI=1S/C16H19N5O5S/c1-12(22)26-8-7-25-11-20-10-18-14-15(17)19-27(23,24)21(16(14)20)9-13-5-3-2-4-6-13/h2-6,10H,7-9,11H2,1H3,(H2,17,19). The maximum atomic E-state index is 12.6. The van der Waals surface area contributed by atoms with Crippen molar-refractivity contribution >= 4 is 27.8 Å². The number of hydrogen-bond acceptors (Lipinski definition) is 7. The van der Waals surface area contributed by atoms with Gasteiger partial charge in [-0.3, -0.25) is 9.36 Å². The summed E-state index contributed by atoms with van der Waals surface area (Å²) < 4.78 is 41.6. The molecule has 1 aliphatic heterocycles. The van der Waals surface area contributed by atoms with E-state index in [1.165, 1.54) is 17.8 Å². The SMILES string of the molecule is CC(=O)OCCOCn1cnc2c1N(Cc1ccccc1)S(=O)(=O)N=C2N. The van der Waals surface area contributed by atoms with Crippen molar-refractivity contribution in [3.8, 4) is 0 Å². The van der Waals surface area contributed by atoms with Gasteiger partial charge in [0.2, 0.25) is 0 Å². The molecule has 0 fully saturated rings. The van der Waals surface area contributed by atoms with Crippen LogP contribution in [0.5, 0.6) is 0 Å². The molecule has 0 saturated carbocycles. The number of nitrogens with zero attached hydrogens (tertiary/aromatic N) is 4. The van der Waals surface area contributed by atoms with Crippen LogP contribution < -0.4 is 10.0 Å². The van der Waals surface area contributed by atoms with Gasteiger partial charge in [-0.15, -0.1) is 4.40 Å². The number of nitrogens with two attached hydrogens (primary N) is 1. The molecule has 0 unspecified atom stereocenters. The number of imidazole rings is 1. The normalized spacial score (nSPS) is 15.1. The minimum atomic E-state index is -4.01. The lowest BCUT2D eigenvalue weighted by molar-refractivity contribution is -0.142. The fourth-order valence-electron chi connectivity index (χ4n) is 2.55. The quantitative estimate of drug-likeness (QED) is 0.532. The zero-order valence-corrected chi connectivity index (χ0v) is 15.4. The van der Waals surface area contributed by atoms with E-state index in [9.17, 15) is 13.2 Å². The largest absolute Gasteiger partial charge is 0.463 e. The number of rotatable bonds is 7. The molecule has 0 aliphatic carbocycles. The minimum Gasteiger partial charge on any atom is -0.463 e. The number of carbonyl (C=O) groups is 1. The first-order chi connectivity index (χ1) is 12.9. The second-order valence-corrected chi connectivity index (χ2v) is 7.23. The highest BCUT2D eigenvalue weighted by atomic mass is 32.2. The van der Waals surface area contributed by atoms with Gasteiger partial charge < -0.3 is 15.2 Å². The molecule has 144 valence electrons. The van der Waals surface area contributed by atoms with Gasteiger partial charge in [0.15, 0.2) is 11.7 Å². The fourth-order valence-corrected chi connectivity index (χ4v) is 3.71. The molecular weight excluding hydrogens is 374 g/mol. The number of ether oxygens (including phenoxy) is 2. The molecule has 0 amide bonds. The summed E-state index contributed by atoms with van der Waals surface area (Å²) in [5.74, 6) is -0.297. The van der Waals surface area contributed by atoms with Gasteiger partial charge >= 0.3 is 16.2 Å². The van der Waals surface area contributed by atoms with Crippen LogP contribution in [0.25, 0.3) is 0 Å². The maximum absolute atomic E-state index is 12.6. The second kappa shape index (κ2) is 7.76. The van der Waals surface area contributed by atoms with Gasteiger partial charge in [0.25, 0.3) is 0 Å². The zero-order chi connectivity index (χ0) is 19.4. The smallest absolute Gasteiger partial charge is 0.348 e. The maximum Gasteiger partial charge on any atom is 0.348 e. The van der Waals surface area contributed by atoms with Crippen LogP contribution in [-0.4, -0.2) is 43.0 Å². The van der Waals surface area contributed by atoms with E-state index in [0.29, 0.717) is 0 Å². The number of carbonyl (C=O) groups excluding carboxylic acids is 1. The van der Waals surface area contributed by atoms with Gasteiger partial charge in [-0.2, -0.15) is 8.42 Å². The molecule has 2 N–H and O–H groups in total. The van der Waals surface area contributed by atoms with E-state index in [1.807, 2.05) is 30.3 Å². The Hall–Kier alpha value is -2.92. The number of anilines is 1. The average Bonchev–Trinajstić information content (AvgIpc) is 3.03. The second-order valence-electron chi connectivity index (χ2n) is 5.71. The Labute approximate surface area is 156 Å². The van der Waals surface area contributed by atoms with E-state index in [-0.39, 0.29) is 43.8 Å². The van der Waals surface area contributed by atoms with Gasteiger partial charge in [0.1, 0.15) is 19.0 Å². The van der Waals surface area contributed by atoms with Crippen molar-refractivity contribution in [2.45, 2.75) is 20.2 Å². The summed E-state index contributed by atoms with van der Waals surface area (Å²) in [6.07, 6.45) is 1.43. The Morgan fingerprint density at radius 3 is 2.67 bits per heavy atom. The van der Waals surface area contributed by atoms with E-state index in [0.717, 1.165) is 9.87 Å². The van der Waals surface area contributed by atoms with Crippen molar-refractivity contribution in [1.29, 1.82) is 0 Å². The first-order valence-corrected chi connectivity index (χ1v) is 9.47. The monoisotopic (exact) mass is 393 g/mol. The summed E-state index contributed by atoms with van der Waals surface area (Å²) in [6.45, 7) is 1.65. The molecule has 11 heteroatoms. The molecule has 10 nitrogen and oxygen atoms in total. The highest BCUT2D eigenvalue weighted by molar-refractivity contribution is 7.91. The highest BCUT2D eigenvalue weighted by Gasteiger charge is 2.34. The van der Waals surface area contributed by atoms with Crippen LogP contribution >= 0.6 is 0 Å². The molecule has 0 atom stereocenters. The number of aromatic nitrogens is 2. The summed E-state index contributed by atoms with van der Waals surface area (Å²) in [5.41, 5.74) is 6.82. The Morgan fingerprint density at radius 2 is 1.96 bits per heavy atom. The highest BCUT2D eigenvalue weighted by Crippen LogP contribution is 2.29. The van der Waals surface area contributed by atoms with E-state index >= 15 is 0 Å². The van der Waals surface area contributed by atoms with Crippen molar-refractivity contribution in [2.75, 3.05) is 17.5 Å².